The van der Waals surface area contributed by atoms with Gasteiger partial charge in [-0.05, 0) is 70.6 Å². The van der Waals surface area contributed by atoms with E-state index in [1.54, 1.807) is 0 Å². The zero-order valence-electron chi connectivity index (χ0n) is 33.6. The average molecular weight is 791 g/mol. The van der Waals surface area contributed by atoms with Crippen molar-refractivity contribution < 1.29 is 47.8 Å². The van der Waals surface area contributed by atoms with Crippen LogP contribution in [-0.2, 0) is 32.7 Å². The highest BCUT2D eigenvalue weighted by Gasteiger charge is 2.27. The minimum Gasteiger partial charge on any atom is -0.462 e. The molecule has 11 heteroatoms. The lowest BCUT2D eigenvalue weighted by atomic mass is 10.1. The number of allylic oxidation sites excluding steroid dienone is 16. The summed E-state index contributed by atoms with van der Waals surface area (Å²) in [6.45, 7) is 2.07. The molecule has 0 saturated carbocycles. The summed E-state index contributed by atoms with van der Waals surface area (Å²) in [6.07, 6.45) is 46.6. The van der Waals surface area contributed by atoms with Crippen LogP contribution in [0.3, 0.4) is 0 Å². The summed E-state index contributed by atoms with van der Waals surface area (Å²) in [5.41, 5.74) is 0. The Balaban J connectivity index is 4.46. The summed E-state index contributed by atoms with van der Waals surface area (Å²) in [5, 5.41) is 18.3. The lowest BCUT2D eigenvalue weighted by Gasteiger charge is -2.20. The van der Waals surface area contributed by atoms with E-state index in [9.17, 15) is 24.2 Å². The van der Waals surface area contributed by atoms with E-state index >= 15 is 0 Å². The second kappa shape index (κ2) is 39.1. The van der Waals surface area contributed by atoms with Crippen molar-refractivity contribution in [3.63, 3.8) is 0 Å². The molecule has 0 aliphatic heterocycles. The maximum absolute atomic E-state index is 12.6. The number of rotatable bonds is 36. The number of phosphoric acid groups is 1. The molecule has 3 atom stereocenters. The summed E-state index contributed by atoms with van der Waals surface area (Å²) in [5.74, 6) is -1.00. The summed E-state index contributed by atoms with van der Waals surface area (Å²) in [6, 6.07) is 0. The van der Waals surface area contributed by atoms with Crippen molar-refractivity contribution in [1.29, 1.82) is 0 Å². The van der Waals surface area contributed by atoms with Gasteiger partial charge >= 0.3 is 19.8 Å². The lowest BCUT2D eigenvalue weighted by Crippen LogP contribution is -2.29. The Morgan fingerprint density at radius 1 is 0.582 bits per heavy atom. The minimum absolute atomic E-state index is 0.144. The van der Waals surface area contributed by atoms with Gasteiger partial charge in [0.2, 0.25) is 0 Å². The maximum atomic E-state index is 12.6. The first kappa shape index (κ1) is 51.9. The molecule has 10 nitrogen and oxygen atoms in total. The largest absolute Gasteiger partial charge is 0.472 e. The predicted molar refractivity (Wildman–Crippen MR) is 223 cm³/mol. The predicted octanol–water partition coefficient (Wildman–Crippen LogP) is 10.4. The van der Waals surface area contributed by atoms with Crippen LogP contribution in [0.4, 0.5) is 0 Å². The summed E-state index contributed by atoms with van der Waals surface area (Å²) in [7, 11) is -4.64. The quantitative estimate of drug-likeness (QED) is 0.0184. The van der Waals surface area contributed by atoms with Crippen LogP contribution in [0.15, 0.2) is 97.2 Å². The smallest absolute Gasteiger partial charge is 0.462 e. The highest BCUT2D eigenvalue weighted by molar-refractivity contribution is 7.47. The molecule has 0 aromatic heterocycles. The Kier molecular flexibility index (Phi) is 36.9. The highest BCUT2D eigenvalue weighted by atomic mass is 31.2. The van der Waals surface area contributed by atoms with Gasteiger partial charge in [-0.1, -0.05) is 143 Å². The number of unbranched alkanes of at least 4 members (excludes halogenated alkanes) is 9. The number of hydrogen-bond donors (Lipinski definition) is 3. The first-order valence-electron chi connectivity index (χ1n) is 20.2. The second-order valence-corrected chi connectivity index (χ2v) is 14.5. The molecule has 0 aliphatic carbocycles. The van der Waals surface area contributed by atoms with Gasteiger partial charge in [-0.2, -0.15) is 0 Å². The molecule has 0 amide bonds. The lowest BCUT2D eigenvalue weighted by molar-refractivity contribution is -0.161. The van der Waals surface area contributed by atoms with Gasteiger partial charge in [0.25, 0.3) is 0 Å². The van der Waals surface area contributed by atoms with Gasteiger partial charge in [-0.3, -0.25) is 18.6 Å². The molecular formula is C44H71O10P. The van der Waals surface area contributed by atoms with E-state index in [-0.39, 0.29) is 19.4 Å². The van der Waals surface area contributed by atoms with Crippen molar-refractivity contribution in [3.8, 4) is 0 Å². The number of aliphatic hydroxyl groups is 2. The van der Waals surface area contributed by atoms with E-state index in [1.807, 2.05) is 36.5 Å². The van der Waals surface area contributed by atoms with Crippen molar-refractivity contribution in [2.75, 3.05) is 26.4 Å². The third-order valence-corrected chi connectivity index (χ3v) is 8.75. The molecule has 0 saturated heterocycles. The van der Waals surface area contributed by atoms with E-state index in [0.717, 1.165) is 83.5 Å². The van der Waals surface area contributed by atoms with Gasteiger partial charge in [-0.25, -0.2) is 4.57 Å². The van der Waals surface area contributed by atoms with Crippen LogP contribution in [0.1, 0.15) is 129 Å². The first-order valence-corrected chi connectivity index (χ1v) is 21.7. The molecule has 3 N–H and O–H groups in total. The third-order valence-electron chi connectivity index (χ3n) is 7.80. The normalized spacial score (nSPS) is 14.9. The maximum Gasteiger partial charge on any atom is 0.472 e. The number of carbonyl (C=O) groups is 2. The summed E-state index contributed by atoms with van der Waals surface area (Å²) in [4.78, 5) is 34.9. The molecule has 312 valence electrons. The van der Waals surface area contributed by atoms with Gasteiger partial charge in [-0.15, -0.1) is 0 Å². The fourth-order valence-corrected chi connectivity index (χ4v) is 5.49. The van der Waals surface area contributed by atoms with Gasteiger partial charge < -0.3 is 24.6 Å². The molecule has 0 spiro atoms. The van der Waals surface area contributed by atoms with Gasteiger partial charge in [0.1, 0.15) is 12.7 Å². The van der Waals surface area contributed by atoms with Crippen LogP contribution < -0.4 is 0 Å². The second-order valence-electron chi connectivity index (χ2n) is 13.0. The SMILES string of the molecule is CC/C=C/C=C/C=C/C=C/CCCCCCCC(=O)O[C@H](COC(=O)CCCCC/C=C/C/C=C/C/C=C/C/C=C/CCC)COP(=O)(O)OC[C@@H](O)CO. The Bertz CT molecular complexity index is 1230. The van der Waals surface area contributed by atoms with Crippen molar-refractivity contribution >= 4 is 19.8 Å². The van der Waals surface area contributed by atoms with Crippen LogP contribution in [0.25, 0.3) is 0 Å². The molecule has 0 fully saturated rings. The van der Waals surface area contributed by atoms with Crippen molar-refractivity contribution in [2.45, 2.75) is 142 Å². The average Bonchev–Trinajstić information content (AvgIpc) is 3.17. The van der Waals surface area contributed by atoms with Gasteiger partial charge in [0, 0.05) is 12.8 Å². The van der Waals surface area contributed by atoms with Crippen LogP contribution >= 0.6 is 7.82 Å². The third kappa shape index (κ3) is 38.9. The van der Waals surface area contributed by atoms with Crippen LogP contribution in [0.5, 0.6) is 0 Å². The minimum atomic E-state index is -4.64. The van der Waals surface area contributed by atoms with E-state index in [1.165, 1.54) is 6.42 Å². The molecule has 0 rings (SSSR count). The Morgan fingerprint density at radius 2 is 1.07 bits per heavy atom. The molecule has 0 aromatic rings. The van der Waals surface area contributed by atoms with E-state index in [2.05, 4.69) is 79.1 Å². The van der Waals surface area contributed by atoms with E-state index in [4.69, 9.17) is 19.1 Å². The molecule has 0 aliphatic rings. The molecule has 1 unspecified atom stereocenters. The zero-order valence-corrected chi connectivity index (χ0v) is 34.5. The Hall–Kier alpha value is -3.11. The zero-order chi connectivity index (χ0) is 40.5. The van der Waals surface area contributed by atoms with Crippen LogP contribution in [0.2, 0.25) is 0 Å². The number of esters is 2. The van der Waals surface area contributed by atoms with E-state index < -0.39 is 51.8 Å². The standard InChI is InChI=1S/C44H71O10P/c1-3-5-7-9-11-13-15-17-19-20-22-23-25-27-29-31-33-35-43(47)51-39-42(40-53-55(49,50)52-38-41(46)37-45)54-44(48)36-34-32-30-28-26-24-21-18-16-14-12-10-8-6-4-2/h6-10,12-16,18-21,23,25,41-42,45-46H,3-5,11,17,22,24,26-40H2,1-2H3,(H,49,50)/b8-6+,9-7+,12-10+,15-13+,16-14+,20-19+,21-18+,25-23+/t41-,42+/m0/s1. The number of aliphatic hydroxyl groups excluding tert-OH is 2. The molecule has 0 radical (unpaired) electrons. The van der Waals surface area contributed by atoms with Gasteiger partial charge in [0.05, 0.1) is 19.8 Å². The topological polar surface area (TPSA) is 149 Å². The first-order chi connectivity index (χ1) is 26.7. The molecule has 0 bridgehead atoms. The van der Waals surface area contributed by atoms with Crippen molar-refractivity contribution in [3.05, 3.63) is 97.2 Å². The number of phosphoric ester groups is 1. The summed E-state index contributed by atoms with van der Waals surface area (Å²) < 4.78 is 32.6. The number of hydrogen-bond acceptors (Lipinski definition) is 9. The van der Waals surface area contributed by atoms with Crippen molar-refractivity contribution in [1.82, 2.24) is 0 Å². The number of ether oxygens (including phenoxy) is 2. The molecule has 0 heterocycles. The fraction of sp³-hybridized carbons (Fsp3) is 0.591. The van der Waals surface area contributed by atoms with E-state index in [0.29, 0.717) is 12.8 Å². The van der Waals surface area contributed by atoms with Crippen LogP contribution in [0, 0.1) is 0 Å². The summed E-state index contributed by atoms with van der Waals surface area (Å²) >= 11 is 0. The Morgan fingerprint density at radius 3 is 1.69 bits per heavy atom. The fourth-order valence-electron chi connectivity index (χ4n) is 4.70. The molecular weight excluding hydrogens is 719 g/mol. The Labute approximate surface area is 332 Å². The van der Waals surface area contributed by atoms with Crippen LogP contribution in [-0.4, -0.2) is 65.7 Å². The molecule has 0 aromatic carbocycles. The van der Waals surface area contributed by atoms with Gasteiger partial charge in [0.15, 0.2) is 6.10 Å². The number of carbonyl (C=O) groups excluding carboxylic acids is 2. The highest BCUT2D eigenvalue weighted by Crippen LogP contribution is 2.43. The monoisotopic (exact) mass is 790 g/mol. The molecule has 55 heavy (non-hydrogen) atoms. The van der Waals surface area contributed by atoms with Crippen molar-refractivity contribution in [2.24, 2.45) is 0 Å².